The van der Waals surface area contributed by atoms with Crippen molar-refractivity contribution in [1.82, 2.24) is 4.90 Å². The van der Waals surface area contributed by atoms with Gasteiger partial charge in [0, 0.05) is 26.2 Å². The Labute approximate surface area is 109 Å². The average Bonchev–Trinajstić information content (AvgIpc) is 2.84. The first-order valence-electron chi connectivity index (χ1n) is 6.91. The van der Waals surface area contributed by atoms with E-state index in [4.69, 9.17) is 15.2 Å². The number of carbonyl (C=O) groups is 1. The molecule has 2 fully saturated rings. The van der Waals surface area contributed by atoms with E-state index < -0.39 is 5.60 Å². The molecule has 2 rings (SSSR count). The monoisotopic (exact) mass is 256 g/mol. The number of likely N-dealkylation sites (tertiary alicyclic amines) is 1. The molecule has 1 atom stereocenters. The van der Waals surface area contributed by atoms with Crippen molar-refractivity contribution in [1.29, 1.82) is 0 Å². The summed E-state index contributed by atoms with van der Waals surface area (Å²) in [6.07, 6.45) is 3.90. The van der Waals surface area contributed by atoms with Crippen LogP contribution in [0.3, 0.4) is 0 Å². The van der Waals surface area contributed by atoms with E-state index in [9.17, 15) is 4.79 Å². The van der Waals surface area contributed by atoms with Crippen LogP contribution in [-0.2, 0) is 14.3 Å². The number of hydrogen-bond acceptors (Lipinski definition) is 4. The van der Waals surface area contributed by atoms with Crippen LogP contribution >= 0.6 is 0 Å². The third-order valence-electron chi connectivity index (χ3n) is 3.87. The van der Waals surface area contributed by atoms with Gasteiger partial charge in [-0.05, 0) is 32.6 Å². The molecule has 0 aliphatic carbocycles. The summed E-state index contributed by atoms with van der Waals surface area (Å²) in [7, 11) is 0. The van der Waals surface area contributed by atoms with Crippen LogP contribution < -0.4 is 5.73 Å². The minimum Gasteiger partial charge on any atom is -0.377 e. The second kappa shape index (κ2) is 5.99. The van der Waals surface area contributed by atoms with Crippen LogP contribution in [0, 0.1) is 0 Å². The molecule has 0 radical (unpaired) electrons. The van der Waals surface area contributed by atoms with Crippen molar-refractivity contribution in [3.05, 3.63) is 0 Å². The van der Waals surface area contributed by atoms with Gasteiger partial charge < -0.3 is 20.1 Å². The highest BCUT2D eigenvalue weighted by Crippen LogP contribution is 2.28. The summed E-state index contributed by atoms with van der Waals surface area (Å²) in [6, 6.07) is 0. The zero-order chi connectivity index (χ0) is 13.0. The van der Waals surface area contributed by atoms with Crippen molar-refractivity contribution < 1.29 is 14.3 Å². The first kappa shape index (κ1) is 13.8. The second-order valence-electron chi connectivity index (χ2n) is 5.33. The number of piperidine rings is 1. The molecular formula is C13H24N2O3. The molecule has 2 heterocycles. The number of ether oxygens (including phenoxy) is 2. The Morgan fingerprint density at radius 3 is 2.78 bits per heavy atom. The van der Waals surface area contributed by atoms with E-state index in [0.29, 0.717) is 19.8 Å². The van der Waals surface area contributed by atoms with E-state index in [1.807, 2.05) is 11.8 Å². The zero-order valence-corrected chi connectivity index (χ0v) is 11.2. The Balaban J connectivity index is 1.80. The van der Waals surface area contributed by atoms with Crippen LogP contribution in [0.15, 0.2) is 0 Å². The third-order valence-corrected chi connectivity index (χ3v) is 3.87. The molecule has 0 spiro atoms. The van der Waals surface area contributed by atoms with Crippen molar-refractivity contribution in [3.63, 3.8) is 0 Å². The van der Waals surface area contributed by atoms with Crippen LogP contribution in [0.1, 0.15) is 32.6 Å². The Bertz CT molecular complexity index is 282. The molecule has 1 amide bonds. The number of nitrogens with zero attached hydrogens (tertiary/aromatic N) is 1. The van der Waals surface area contributed by atoms with Gasteiger partial charge in [-0.25, -0.2) is 0 Å². The van der Waals surface area contributed by atoms with E-state index in [1.54, 1.807) is 0 Å². The van der Waals surface area contributed by atoms with Crippen LogP contribution in [0.25, 0.3) is 0 Å². The Hall–Kier alpha value is -0.650. The fourth-order valence-corrected chi connectivity index (χ4v) is 2.74. The van der Waals surface area contributed by atoms with E-state index >= 15 is 0 Å². The van der Waals surface area contributed by atoms with Gasteiger partial charge in [0.15, 0.2) is 0 Å². The summed E-state index contributed by atoms with van der Waals surface area (Å²) in [5.41, 5.74) is 4.84. The van der Waals surface area contributed by atoms with Gasteiger partial charge in [0.2, 0.25) is 0 Å². The average molecular weight is 256 g/mol. The van der Waals surface area contributed by atoms with Gasteiger partial charge in [-0.2, -0.15) is 0 Å². The van der Waals surface area contributed by atoms with E-state index in [2.05, 4.69) is 0 Å². The van der Waals surface area contributed by atoms with Crippen LogP contribution in [0.4, 0.5) is 0 Å². The molecule has 5 heteroatoms. The van der Waals surface area contributed by atoms with Gasteiger partial charge in [0.1, 0.15) is 5.60 Å². The molecule has 0 aromatic carbocycles. The molecule has 0 saturated carbocycles. The van der Waals surface area contributed by atoms with Crippen LogP contribution in [0.5, 0.6) is 0 Å². The van der Waals surface area contributed by atoms with Gasteiger partial charge in [0.25, 0.3) is 5.91 Å². The minimum atomic E-state index is -0.578. The van der Waals surface area contributed by atoms with Crippen LogP contribution in [0.2, 0.25) is 0 Å². The quantitative estimate of drug-likeness (QED) is 0.796. The van der Waals surface area contributed by atoms with Gasteiger partial charge in [-0.1, -0.05) is 0 Å². The Morgan fingerprint density at radius 1 is 1.50 bits per heavy atom. The minimum absolute atomic E-state index is 0.150. The molecule has 2 aliphatic rings. The molecule has 5 nitrogen and oxygen atoms in total. The first-order valence-corrected chi connectivity index (χ1v) is 6.91. The number of rotatable bonds is 4. The maximum absolute atomic E-state index is 12.4. The summed E-state index contributed by atoms with van der Waals surface area (Å²) in [5.74, 6) is 0.150. The largest absolute Gasteiger partial charge is 0.377 e. The van der Waals surface area contributed by atoms with Gasteiger partial charge in [0.05, 0.1) is 12.7 Å². The lowest BCUT2D eigenvalue weighted by molar-refractivity contribution is -0.153. The molecule has 104 valence electrons. The maximum atomic E-state index is 12.4. The van der Waals surface area contributed by atoms with Gasteiger partial charge in [-0.15, -0.1) is 0 Å². The molecule has 0 aromatic heterocycles. The molecule has 0 aromatic rings. The number of carbonyl (C=O) groups excluding carboxylic acids is 1. The molecule has 18 heavy (non-hydrogen) atoms. The fourth-order valence-electron chi connectivity index (χ4n) is 2.74. The van der Waals surface area contributed by atoms with Crippen molar-refractivity contribution in [2.75, 3.05) is 32.8 Å². The SMILES string of the molecule is CC1(C(=O)N2CCC(OCCN)CC2)CCCO1. The third kappa shape index (κ3) is 3.02. The predicted octanol–water partition coefficient (Wildman–Crippen LogP) is 0.522. The van der Waals surface area contributed by atoms with Crippen molar-refractivity contribution >= 4 is 5.91 Å². The van der Waals surface area contributed by atoms with Crippen LogP contribution in [-0.4, -0.2) is 55.4 Å². The second-order valence-corrected chi connectivity index (χ2v) is 5.33. The molecular weight excluding hydrogens is 232 g/mol. The van der Waals surface area contributed by atoms with Gasteiger partial charge >= 0.3 is 0 Å². The summed E-state index contributed by atoms with van der Waals surface area (Å²) in [6.45, 7) is 5.34. The topological polar surface area (TPSA) is 64.8 Å². The lowest BCUT2D eigenvalue weighted by Crippen LogP contribution is -2.50. The molecule has 1 unspecified atom stereocenters. The normalized spacial score (nSPS) is 29.8. The highest BCUT2D eigenvalue weighted by atomic mass is 16.5. The standard InChI is InChI=1S/C13H24N2O3/c1-13(5-2-9-18-13)12(16)15-7-3-11(4-8-15)17-10-6-14/h11H,2-10,14H2,1H3. The fraction of sp³-hybridized carbons (Fsp3) is 0.923. The van der Waals surface area contributed by atoms with Crippen molar-refractivity contribution in [2.45, 2.75) is 44.3 Å². The lowest BCUT2D eigenvalue weighted by atomic mass is 9.98. The van der Waals surface area contributed by atoms with Gasteiger partial charge in [-0.3, -0.25) is 4.79 Å². The Morgan fingerprint density at radius 2 is 2.22 bits per heavy atom. The van der Waals surface area contributed by atoms with Crippen molar-refractivity contribution in [2.24, 2.45) is 5.73 Å². The van der Waals surface area contributed by atoms with E-state index in [1.165, 1.54) is 0 Å². The lowest BCUT2D eigenvalue weighted by Gasteiger charge is -2.36. The molecule has 0 bridgehead atoms. The molecule has 2 N–H and O–H groups in total. The number of nitrogens with two attached hydrogens (primary N) is 1. The number of hydrogen-bond donors (Lipinski definition) is 1. The molecule has 2 saturated heterocycles. The summed E-state index contributed by atoms with van der Waals surface area (Å²) < 4.78 is 11.2. The number of amides is 1. The van der Waals surface area contributed by atoms with E-state index in [-0.39, 0.29) is 12.0 Å². The summed E-state index contributed by atoms with van der Waals surface area (Å²) in [4.78, 5) is 14.3. The maximum Gasteiger partial charge on any atom is 0.254 e. The smallest absolute Gasteiger partial charge is 0.254 e. The van der Waals surface area contributed by atoms with E-state index in [0.717, 1.165) is 38.8 Å². The Kier molecular flexibility index (Phi) is 4.59. The summed E-state index contributed by atoms with van der Waals surface area (Å²) >= 11 is 0. The van der Waals surface area contributed by atoms with Crippen molar-refractivity contribution in [3.8, 4) is 0 Å². The highest BCUT2D eigenvalue weighted by Gasteiger charge is 2.41. The first-order chi connectivity index (χ1) is 8.65. The predicted molar refractivity (Wildman–Crippen MR) is 68.2 cm³/mol. The zero-order valence-electron chi connectivity index (χ0n) is 11.2. The summed E-state index contributed by atoms with van der Waals surface area (Å²) in [5, 5.41) is 0. The highest BCUT2D eigenvalue weighted by molar-refractivity contribution is 5.85. The molecule has 2 aliphatic heterocycles.